The van der Waals surface area contributed by atoms with Crippen molar-refractivity contribution in [2.24, 2.45) is 0 Å². The molecule has 0 atom stereocenters. The minimum absolute atomic E-state index is 0.0848. The first kappa shape index (κ1) is 13.2. The third kappa shape index (κ3) is 3.02. The van der Waals surface area contributed by atoms with Crippen LogP contribution in [0.4, 0.5) is 0 Å². The summed E-state index contributed by atoms with van der Waals surface area (Å²) in [6, 6.07) is 3.54. The Balaban J connectivity index is 1.41. The average molecular weight is 277 g/mol. The molecule has 1 saturated heterocycles. The fourth-order valence-electron chi connectivity index (χ4n) is 2.40. The molecule has 0 aromatic carbocycles. The van der Waals surface area contributed by atoms with Crippen molar-refractivity contribution < 1.29 is 13.9 Å². The summed E-state index contributed by atoms with van der Waals surface area (Å²) in [7, 11) is 0. The van der Waals surface area contributed by atoms with Gasteiger partial charge in [0.15, 0.2) is 5.58 Å². The van der Waals surface area contributed by atoms with Gasteiger partial charge in [-0.05, 0) is 13.0 Å². The van der Waals surface area contributed by atoms with Crippen LogP contribution in [-0.2, 0) is 4.74 Å². The zero-order chi connectivity index (χ0) is 13.8. The molecule has 2 aromatic rings. The van der Waals surface area contributed by atoms with Crippen molar-refractivity contribution >= 4 is 17.0 Å². The summed E-state index contributed by atoms with van der Waals surface area (Å²) in [4.78, 5) is 17.3. The lowest BCUT2D eigenvalue weighted by atomic mass is 10.3. The minimum Gasteiger partial charge on any atom is -0.463 e. The fraction of sp³-hybridized carbons (Fsp3) is 0.500. The van der Waals surface area contributed by atoms with Crippen molar-refractivity contribution in [2.45, 2.75) is 6.42 Å². The van der Waals surface area contributed by atoms with E-state index in [2.05, 4.69) is 15.2 Å². The molecule has 108 valence electrons. The summed E-state index contributed by atoms with van der Waals surface area (Å²) in [6.07, 6.45) is 2.55. The molecule has 1 aliphatic heterocycles. The van der Waals surface area contributed by atoms with Crippen molar-refractivity contribution in [1.29, 1.82) is 0 Å². The Kier molecular flexibility index (Phi) is 4.03. The van der Waals surface area contributed by atoms with Gasteiger partial charge < -0.3 is 19.5 Å². The number of carbonyl (C=O) groups is 1. The molecule has 1 fully saturated rings. The second kappa shape index (κ2) is 6.11. The van der Waals surface area contributed by atoms with Gasteiger partial charge in [0.25, 0.3) is 5.91 Å². The van der Waals surface area contributed by atoms with Crippen LogP contribution in [0.3, 0.4) is 0 Å². The van der Waals surface area contributed by atoms with Gasteiger partial charge in [-0.25, -0.2) is 0 Å². The summed E-state index contributed by atoms with van der Waals surface area (Å²) >= 11 is 0. The van der Waals surface area contributed by atoms with E-state index < -0.39 is 0 Å². The highest BCUT2D eigenvalue weighted by atomic mass is 16.5. The molecule has 2 N–H and O–H groups in total. The van der Waals surface area contributed by atoms with Crippen LogP contribution in [0.2, 0.25) is 0 Å². The van der Waals surface area contributed by atoms with E-state index in [1.807, 2.05) is 6.07 Å². The molecular weight excluding hydrogens is 258 g/mol. The number of nitrogens with zero attached hydrogens (tertiary/aromatic N) is 1. The fourth-order valence-corrected chi connectivity index (χ4v) is 2.40. The molecule has 3 heterocycles. The predicted octanol–water partition coefficient (Wildman–Crippen LogP) is 1.21. The highest BCUT2D eigenvalue weighted by molar-refractivity contribution is 5.96. The number of fused-ring (bicyclic) bond motifs is 1. The Bertz CT molecular complexity index is 540. The van der Waals surface area contributed by atoms with E-state index in [1.165, 1.54) is 0 Å². The molecule has 0 saturated carbocycles. The molecule has 6 heteroatoms. The van der Waals surface area contributed by atoms with Gasteiger partial charge in [-0.15, -0.1) is 0 Å². The number of furan rings is 1. The molecule has 2 aromatic heterocycles. The normalized spacial score (nSPS) is 16.6. The maximum atomic E-state index is 11.9. The molecule has 0 bridgehead atoms. The highest BCUT2D eigenvalue weighted by Crippen LogP contribution is 2.15. The second-order valence-corrected chi connectivity index (χ2v) is 4.95. The molecule has 1 amide bonds. The Labute approximate surface area is 117 Å². The standard InChI is InChI=1S/C14H19N3O3/c18-14(12-10-13-11(16-12)2-7-20-13)15-3-1-4-17-5-8-19-9-6-17/h2,7,10,16H,1,3-6,8-9H2,(H,15,18). The van der Waals surface area contributed by atoms with E-state index in [0.29, 0.717) is 17.8 Å². The number of aromatic nitrogens is 1. The zero-order valence-corrected chi connectivity index (χ0v) is 11.4. The molecule has 0 unspecified atom stereocenters. The van der Waals surface area contributed by atoms with Gasteiger partial charge in [0.2, 0.25) is 0 Å². The van der Waals surface area contributed by atoms with Crippen LogP contribution in [0.25, 0.3) is 11.1 Å². The molecule has 0 radical (unpaired) electrons. The molecule has 0 aliphatic carbocycles. The third-order valence-electron chi connectivity index (χ3n) is 3.52. The number of nitrogens with one attached hydrogen (secondary N) is 2. The van der Waals surface area contributed by atoms with Crippen LogP contribution in [0, 0.1) is 0 Å². The maximum absolute atomic E-state index is 11.9. The van der Waals surface area contributed by atoms with E-state index in [0.717, 1.165) is 44.8 Å². The Morgan fingerprint density at radius 1 is 1.40 bits per heavy atom. The summed E-state index contributed by atoms with van der Waals surface area (Å²) in [5, 5.41) is 2.92. The molecule has 20 heavy (non-hydrogen) atoms. The second-order valence-electron chi connectivity index (χ2n) is 4.95. The van der Waals surface area contributed by atoms with Crippen LogP contribution in [0.5, 0.6) is 0 Å². The van der Waals surface area contributed by atoms with E-state index in [9.17, 15) is 4.79 Å². The predicted molar refractivity (Wildman–Crippen MR) is 74.8 cm³/mol. The lowest BCUT2D eigenvalue weighted by Gasteiger charge is -2.26. The number of carbonyl (C=O) groups excluding carboxylic acids is 1. The van der Waals surface area contributed by atoms with E-state index >= 15 is 0 Å². The van der Waals surface area contributed by atoms with Crippen molar-refractivity contribution in [1.82, 2.24) is 15.2 Å². The monoisotopic (exact) mass is 277 g/mol. The van der Waals surface area contributed by atoms with Crippen LogP contribution in [0.1, 0.15) is 16.9 Å². The smallest absolute Gasteiger partial charge is 0.267 e. The number of morpholine rings is 1. The minimum atomic E-state index is -0.0848. The summed E-state index contributed by atoms with van der Waals surface area (Å²) in [6.45, 7) is 5.27. The van der Waals surface area contributed by atoms with E-state index in [1.54, 1.807) is 12.3 Å². The summed E-state index contributed by atoms with van der Waals surface area (Å²) in [5.41, 5.74) is 2.11. The lowest BCUT2D eigenvalue weighted by Crippen LogP contribution is -2.38. The molecular formula is C14H19N3O3. The van der Waals surface area contributed by atoms with Crippen LogP contribution < -0.4 is 5.32 Å². The topological polar surface area (TPSA) is 70.5 Å². The van der Waals surface area contributed by atoms with Gasteiger partial charge >= 0.3 is 0 Å². The Hall–Kier alpha value is -1.79. The largest absolute Gasteiger partial charge is 0.463 e. The van der Waals surface area contributed by atoms with Gasteiger partial charge in [-0.1, -0.05) is 0 Å². The number of aromatic amines is 1. The Morgan fingerprint density at radius 3 is 3.05 bits per heavy atom. The quantitative estimate of drug-likeness (QED) is 0.806. The maximum Gasteiger partial charge on any atom is 0.267 e. The number of hydrogen-bond donors (Lipinski definition) is 2. The van der Waals surface area contributed by atoms with Gasteiger partial charge in [-0.3, -0.25) is 9.69 Å². The van der Waals surface area contributed by atoms with Crippen LogP contribution >= 0.6 is 0 Å². The van der Waals surface area contributed by atoms with Crippen molar-refractivity contribution in [3.63, 3.8) is 0 Å². The molecule has 6 nitrogen and oxygen atoms in total. The van der Waals surface area contributed by atoms with E-state index in [4.69, 9.17) is 9.15 Å². The van der Waals surface area contributed by atoms with Crippen molar-refractivity contribution in [2.75, 3.05) is 39.4 Å². The van der Waals surface area contributed by atoms with Crippen LogP contribution in [-0.4, -0.2) is 55.2 Å². The SMILES string of the molecule is O=C(NCCCN1CCOCC1)c1cc2occc2[nH]1. The molecule has 1 aliphatic rings. The number of hydrogen-bond acceptors (Lipinski definition) is 4. The van der Waals surface area contributed by atoms with Gasteiger partial charge in [0.05, 0.1) is 25.0 Å². The van der Waals surface area contributed by atoms with Gasteiger partial charge in [0.1, 0.15) is 5.69 Å². The number of H-pyrrole nitrogens is 1. The lowest BCUT2D eigenvalue weighted by molar-refractivity contribution is 0.0374. The summed E-state index contributed by atoms with van der Waals surface area (Å²) < 4.78 is 10.5. The highest BCUT2D eigenvalue weighted by Gasteiger charge is 2.12. The molecule has 3 rings (SSSR count). The molecule has 0 spiro atoms. The number of amides is 1. The first-order valence-corrected chi connectivity index (χ1v) is 6.97. The Morgan fingerprint density at radius 2 is 2.25 bits per heavy atom. The third-order valence-corrected chi connectivity index (χ3v) is 3.52. The number of rotatable bonds is 5. The van der Waals surface area contributed by atoms with E-state index in [-0.39, 0.29) is 5.91 Å². The average Bonchev–Trinajstić information content (AvgIpc) is 3.05. The van der Waals surface area contributed by atoms with Crippen molar-refractivity contribution in [3.8, 4) is 0 Å². The van der Waals surface area contributed by atoms with Gasteiger partial charge in [-0.2, -0.15) is 0 Å². The van der Waals surface area contributed by atoms with Crippen molar-refractivity contribution in [3.05, 3.63) is 24.1 Å². The first-order chi connectivity index (χ1) is 9.83. The summed E-state index contributed by atoms with van der Waals surface area (Å²) in [5.74, 6) is -0.0848. The van der Waals surface area contributed by atoms with Gasteiger partial charge in [0, 0.05) is 31.8 Å². The van der Waals surface area contributed by atoms with Crippen LogP contribution in [0.15, 0.2) is 22.8 Å². The zero-order valence-electron chi connectivity index (χ0n) is 11.4. The first-order valence-electron chi connectivity index (χ1n) is 6.97. The number of ether oxygens (including phenoxy) is 1.